The Morgan fingerprint density at radius 2 is 2.05 bits per heavy atom. The van der Waals surface area contributed by atoms with E-state index >= 15 is 0 Å². The number of nitrogens with one attached hydrogen (secondary N) is 1. The fourth-order valence-corrected chi connectivity index (χ4v) is 3.02. The Kier molecular flexibility index (Phi) is 4.59. The summed E-state index contributed by atoms with van der Waals surface area (Å²) in [6.07, 6.45) is 2.61. The van der Waals surface area contributed by atoms with Crippen molar-refractivity contribution in [3.63, 3.8) is 0 Å². The van der Waals surface area contributed by atoms with Crippen LogP contribution in [0, 0.1) is 0 Å². The van der Waals surface area contributed by atoms with E-state index in [1.54, 1.807) is 12.1 Å². The number of rotatable bonds is 4. The zero-order chi connectivity index (χ0) is 15.5. The number of methoxy groups -OCH3 is 1. The molecule has 1 aromatic heterocycles. The van der Waals surface area contributed by atoms with E-state index in [2.05, 4.69) is 20.9 Å². The number of carbonyl (C=O) groups is 1. The quantitative estimate of drug-likeness (QED) is 0.888. The average Bonchev–Trinajstić information content (AvgIpc) is 2.47. The van der Waals surface area contributed by atoms with Gasteiger partial charge in [-0.05, 0) is 40.2 Å². The van der Waals surface area contributed by atoms with Gasteiger partial charge in [0, 0.05) is 22.4 Å². The summed E-state index contributed by atoms with van der Waals surface area (Å²) >= 11 is 3.13. The molecule has 2 aromatic rings. The first-order valence-corrected chi connectivity index (χ1v) is 8.02. The number of carbonyl (C=O) groups excluding carboxylic acids is 1. The smallest absolute Gasteiger partial charge is 0.265 e. The zero-order valence-corrected chi connectivity index (χ0v) is 13.3. The Labute approximate surface area is 130 Å². The molecule has 0 atom stereocenters. The third kappa shape index (κ3) is 3.79. The van der Waals surface area contributed by atoms with Crippen molar-refractivity contribution in [3.8, 4) is 5.75 Å². The summed E-state index contributed by atoms with van der Waals surface area (Å²) < 4.78 is 31.7. The lowest BCUT2D eigenvalue weighted by Crippen LogP contribution is -2.30. The van der Waals surface area contributed by atoms with Crippen LogP contribution in [-0.2, 0) is 10.0 Å². The van der Waals surface area contributed by atoms with E-state index in [1.165, 1.54) is 31.5 Å². The van der Waals surface area contributed by atoms with Crippen molar-refractivity contribution in [1.29, 1.82) is 0 Å². The van der Waals surface area contributed by atoms with Gasteiger partial charge in [0.1, 0.15) is 10.6 Å². The van der Waals surface area contributed by atoms with E-state index in [-0.39, 0.29) is 10.5 Å². The molecule has 110 valence electrons. The molecule has 0 spiro atoms. The van der Waals surface area contributed by atoms with Gasteiger partial charge in [0.05, 0.1) is 7.11 Å². The molecule has 0 unspecified atom stereocenters. The van der Waals surface area contributed by atoms with Crippen LogP contribution in [0.5, 0.6) is 5.75 Å². The van der Waals surface area contributed by atoms with Crippen LogP contribution in [0.1, 0.15) is 10.4 Å². The van der Waals surface area contributed by atoms with Crippen molar-refractivity contribution in [2.75, 3.05) is 7.11 Å². The second-order valence-electron chi connectivity index (χ2n) is 4.01. The molecular formula is C13H11BrN2O4S. The lowest BCUT2D eigenvalue weighted by molar-refractivity contribution is 0.0981. The van der Waals surface area contributed by atoms with Crippen LogP contribution < -0.4 is 9.46 Å². The van der Waals surface area contributed by atoms with Crippen LogP contribution in [0.15, 0.2) is 52.1 Å². The first-order chi connectivity index (χ1) is 9.92. The Morgan fingerprint density at radius 3 is 2.71 bits per heavy atom. The van der Waals surface area contributed by atoms with Gasteiger partial charge in [0.25, 0.3) is 15.9 Å². The third-order valence-electron chi connectivity index (χ3n) is 2.55. The molecule has 2 rings (SSSR count). The van der Waals surface area contributed by atoms with Gasteiger partial charge in [-0.1, -0.05) is 6.07 Å². The summed E-state index contributed by atoms with van der Waals surface area (Å²) in [7, 11) is -2.52. The zero-order valence-electron chi connectivity index (χ0n) is 10.9. The average molecular weight is 371 g/mol. The maximum atomic E-state index is 12.1. The maximum absolute atomic E-state index is 12.1. The molecular weight excluding hydrogens is 360 g/mol. The molecule has 0 fully saturated rings. The topological polar surface area (TPSA) is 85.4 Å². The van der Waals surface area contributed by atoms with Gasteiger partial charge in [-0.25, -0.2) is 13.1 Å². The standard InChI is InChI=1S/C13H11BrN2O4S/c1-20-11-4-2-3-9(5-11)13(17)16-21(18,19)12-6-10(14)7-15-8-12/h2-8H,1H3,(H,16,17). The van der Waals surface area contributed by atoms with E-state index in [0.29, 0.717) is 10.2 Å². The predicted octanol–water partition coefficient (Wildman–Crippen LogP) is 1.97. The number of pyridine rings is 1. The number of nitrogens with zero attached hydrogens (tertiary/aromatic N) is 1. The van der Waals surface area contributed by atoms with Gasteiger partial charge in [0.15, 0.2) is 0 Å². The van der Waals surface area contributed by atoms with Gasteiger partial charge in [-0.2, -0.15) is 0 Å². The first-order valence-electron chi connectivity index (χ1n) is 5.74. The summed E-state index contributed by atoms with van der Waals surface area (Å²) in [5.74, 6) is -0.280. The molecule has 0 saturated heterocycles. The molecule has 1 aromatic carbocycles. The number of hydrogen-bond donors (Lipinski definition) is 1. The van der Waals surface area contributed by atoms with Crippen LogP contribution in [0.25, 0.3) is 0 Å². The predicted molar refractivity (Wildman–Crippen MR) is 79.6 cm³/mol. The van der Waals surface area contributed by atoms with Gasteiger partial charge < -0.3 is 4.74 Å². The highest BCUT2D eigenvalue weighted by molar-refractivity contribution is 9.10. The van der Waals surface area contributed by atoms with Crippen LogP contribution in [0.4, 0.5) is 0 Å². The molecule has 0 aliphatic carbocycles. The number of benzene rings is 1. The van der Waals surface area contributed by atoms with Gasteiger partial charge in [-0.3, -0.25) is 9.78 Å². The molecule has 1 amide bonds. The molecule has 21 heavy (non-hydrogen) atoms. The largest absolute Gasteiger partial charge is 0.497 e. The molecule has 0 saturated carbocycles. The SMILES string of the molecule is COc1cccc(C(=O)NS(=O)(=O)c2cncc(Br)c2)c1. The normalized spacial score (nSPS) is 11.0. The maximum Gasteiger partial charge on any atom is 0.265 e. The summed E-state index contributed by atoms with van der Waals surface area (Å²) in [6.45, 7) is 0. The lowest BCUT2D eigenvalue weighted by Gasteiger charge is -2.08. The number of halogens is 1. The monoisotopic (exact) mass is 370 g/mol. The fraction of sp³-hybridized carbons (Fsp3) is 0.0769. The van der Waals surface area contributed by atoms with E-state index in [1.807, 2.05) is 4.72 Å². The number of amides is 1. The minimum atomic E-state index is -3.98. The van der Waals surface area contributed by atoms with Crippen molar-refractivity contribution < 1.29 is 17.9 Å². The molecule has 0 aliphatic heterocycles. The Balaban J connectivity index is 2.25. The summed E-state index contributed by atoms with van der Waals surface area (Å²) in [5, 5.41) is 0. The van der Waals surface area contributed by atoms with Crippen molar-refractivity contribution in [2.45, 2.75) is 4.90 Å². The Hall–Kier alpha value is -1.93. The number of ether oxygens (including phenoxy) is 1. The molecule has 0 aliphatic rings. The molecule has 6 nitrogen and oxygen atoms in total. The Bertz CT molecular complexity index is 777. The number of sulfonamides is 1. The summed E-state index contributed by atoms with van der Waals surface area (Å²) in [6, 6.07) is 7.55. The van der Waals surface area contributed by atoms with Crippen molar-refractivity contribution in [1.82, 2.24) is 9.71 Å². The number of aromatic nitrogens is 1. The number of hydrogen-bond acceptors (Lipinski definition) is 5. The lowest BCUT2D eigenvalue weighted by atomic mass is 10.2. The van der Waals surface area contributed by atoms with Crippen LogP contribution in [0.2, 0.25) is 0 Å². The highest BCUT2D eigenvalue weighted by Gasteiger charge is 2.19. The van der Waals surface area contributed by atoms with Gasteiger partial charge in [-0.15, -0.1) is 0 Å². The van der Waals surface area contributed by atoms with Crippen LogP contribution in [0.3, 0.4) is 0 Å². The van der Waals surface area contributed by atoms with E-state index < -0.39 is 15.9 Å². The molecule has 0 radical (unpaired) electrons. The molecule has 1 N–H and O–H groups in total. The van der Waals surface area contributed by atoms with Crippen LogP contribution in [-0.4, -0.2) is 26.4 Å². The molecule has 8 heteroatoms. The second-order valence-corrected chi connectivity index (χ2v) is 6.60. The van der Waals surface area contributed by atoms with Crippen LogP contribution >= 0.6 is 15.9 Å². The molecule has 0 bridgehead atoms. The van der Waals surface area contributed by atoms with Gasteiger partial charge in [0.2, 0.25) is 0 Å². The molecule has 1 heterocycles. The van der Waals surface area contributed by atoms with E-state index in [4.69, 9.17) is 4.74 Å². The third-order valence-corrected chi connectivity index (χ3v) is 4.28. The minimum Gasteiger partial charge on any atom is -0.497 e. The van der Waals surface area contributed by atoms with Crippen molar-refractivity contribution in [3.05, 3.63) is 52.8 Å². The highest BCUT2D eigenvalue weighted by atomic mass is 79.9. The highest BCUT2D eigenvalue weighted by Crippen LogP contribution is 2.16. The van der Waals surface area contributed by atoms with Gasteiger partial charge >= 0.3 is 0 Å². The van der Waals surface area contributed by atoms with Crippen molar-refractivity contribution in [2.24, 2.45) is 0 Å². The minimum absolute atomic E-state index is 0.104. The summed E-state index contributed by atoms with van der Waals surface area (Å²) in [4.78, 5) is 15.7. The first kappa shape index (κ1) is 15.5. The fourth-order valence-electron chi connectivity index (χ4n) is 1.54. The summed E-state index contributed by atoms with van der Waals surface area (Å²) in [5.41, 5.74) is 0.181. The second kappa shape index (κ2) is 6.23. The van der Waals surface area contributed by atoms with E-state index in [9.17, 15) is 13.2 Å². The Morgan fingerprint density at radius 1 is 1.29 bits per heavy atom. The van der Waals surface area contributed by atoms with Crippen molar-refractivity contribution >= 4 is 31.9 Å². The van der Waals surface area contributed by atoms with E-state index in [0.717, 1.165) is 6.20 Å².